The van der Waals surface area contributed by atoms with Crippen LogP contribution in [0.4, 0.5) is 0 Å². The van der Waals surface area contributed by atoms with Gasteiger partial charge in [-0.05, 0) is 29.2 Å². The van der Waals surface area contributed by atoms with Crippen LogP contribution in [0.15, 0.2) is 54.6 Å². The molecule has 2 rings (SSSR count). The van der Waals surface area contributed by atoms with Gasteiger partial charge in [-0.3, -0.25) is 4.79 Å². The molecule has 0 radical (unpaired) electrons. The van der Waals surface area contributed by atoms with Crippen molar-refractivity contribution in [3.63, 3.8) is 0 Å². The molecule has 0 saturated carbocycles. The summed E-state index contributed by atoms with van der Waals surface area (Å²) >= 11 is 0. The molecule has 0 aliphatic rings. The van der Waals surface area contributed by atoms with Crippen molar-refractivity contribution in [2.75, 3.05) is 0 Å². The number of rotatable bonds is 4. The van der Waals surface area contributed by atoms with E-state index in [1.54, 1.807) is 0 Å². The van der Waals surface area contributed by atoms with Gasteiger partial charge in [0.1, 0.15) is 5.75 Å². The highest BCUT2D eigenvalue weighted by molar-refractivity contribution is 5.75. The highest BCUT2D eigenvalue weighted by atomic mass is 16.5. The molecule has 0 fully saturated rings. The van der Waals surface area contributed by atoms with Gasteiger partial charge in [-0.2, -0.15) is 0 Å². The minimum Gasteiger partial charge on any atom is -0.426 e. The third-order valence-electron chi connectivity index (χ3n) is 2.95. The van der Waals surface area contributed by atoms with E-state index >= 15 is 0 Å². The lowest BCUT2D eigenvalue weighted by Gasteiger charge is -2.08. The standard InChI is InChI=1S/C17H18O2/c1-13(2)15-9-6-10-16(12-15)19-17(18)11-14-7-4-3-5-8-14/h3-10,12-13H,11H2,1-2H3. The van der Waals surface area contributed by atoms with E-state index < -0.39 is 0 Å². The summed E-state index contributed by atoms with van der Waals surface area (Å²) in [5.74, 6) is 0.812. The van der Waals surface area contributed by atoms with E-state index in [0.29, 0.717) is 18.1 Å². The molecule has 2 heteroatoms. The van der Waals surface area contributed by atoms with Crippen molar-refractivity contribution in [2.45, 2.75) is 26.2 Å². The predicted molar refractivity (Wildman–Crippen MR) is 76.3 cm³/mol. The second kappa shape index (κ2) is 6.19. The molecule has 0 heterocycles. The van der Waals surface area contributed by atoms with Crippen LogP contribution in [0, 0.1) is 0 Å². The molecular formula is C17H18O2. The number of ether oxygens (including phenoxy) is 1. The van der Waals surface area contributed by atoms with Crippen LogP contribution in [-0.2, 0) is 11.2 Å². The van der Waals surface area contributed by atoms with Crippen LogP contribution in [0.25, 0.3) is 0 Å². The fourth-order valence-electron chi connectivity index (χ4n) is 1.87. The van der Waals surface area contributed by atoms with Crippen LogP contribution in [-0.4, -0.2) is 5.97 Å². The van der Waals surface area contributed by atoms with Crippen molar-refractivity contribution in [1.29, 1.82) is 0 Å². The molecule has 0 unspecified atom stereocenters. The number of carbonyl (C=O) groups excluding carboxylic acids is 1. The largest absolute Gasteiger partial charge is 0.426 e. The van der Waals surface area contributed by atoms with Crippen LogP contribution < -0.4 is 4.74 Å². The zero-order chi connectivity index (χ0) is 13.7. The number of esters is 1. The van der Waals surface area contributed by atoms with Crippen molar-refractivity contribution in [3.8, 4) is 5.75 Å². The molecule has 0 aliphatic carbocycles. The van der Waals surface area contributed by atoms with Gasteiger partial charge < -0.3 is 4.74 Å². The Balaban J connectivity index is 2.01. The first kappa shape index (κ1) is 13.3. The molecule has 98 valence electrons. The maximum Gasteiger partial charge on any atom is 0.315 e. The molecule has 2 aromatic rings. The fourth-order valence-corrected chi connectivity index (χ4v) is 1.87. The van der Waals surface area contributed by atoms with Crippen LogP contribution in [0.2, 0.25) is 0 Å². The zero-order valence-corrected chi connectivity index (χ0v) is 11.3. The molecule has 0 aliphatic heterocycles. The quantitative estimate of drug-likeness (QED) is 0.610. The molecule has 0 spiro atoms. The average molecular weight is 254 g/mol. The van der Waals surface area contributed by atoms with Gasteiger partial charge in [0.25, 0.3) is 0 Å². The number of benzene rings is 2. The van der Waals surface area contributed by atoms with E-state index in [9.17, 15) is 4.79 Å². The van der Waals surface area contributed by atoms with Gasteiger partial charge >= 0.3 is 5.97 Å². The van der Waals surface area contributed by atoms with Gasteiger partial charge in [0, 0.05) is 0 Å². The van der Waals surface area contributed by atoms with Crippen molar-refractivity contribution < 1.29 is 9.53 Å². The summed E-state index contributed by atoms with van der Waals surface area (Å²) in [4.78, 5) is 11.8. The highest BCUT2D eigenvalue weighted by Crippen LogP contribution is 2.20. The second-order valence-electron chi connectivity index (χ2n) is 4.86. The van der Waals surface area contributed by atoms with Gasteiger partial charge in [0.2, 0.25) is 0 Å². The summed E-state index contributed by atoms with van der Waals surface area (Å²) in [7, 11) is 0. The lowest BCUT2D eigenvalue weighted by atomic mass is 10.0. The van der Waals surface area contributed by atoms with Crippen LogP contribution in [0.3, 0.4) is 0 Å². The van der Waals surface area contributed by atoms with E-state index in [0.717, 1.165) is 5.56 Å². The molecular weight excluding hydrogens is 236 g/mol. The molecule has 2 aromatic carbocycles. The Morgan fingerprint density at radius 2 is 1.79 bits per heavy atom. The Hall–Kier alpha value is -2.09. The van der Waals surface area contributed by atoms with Gasteiger partial charge in [0.15, 0.2) is 0 Å². The lowest BCUT2D eigenvalue weighted by molar-refractivity contribution is -0.133. The summed E-state index contributed by atoms with van der Waals surface area (Å²) < 4.78 is 5.37. The second-order valence-corrected chi connectivity index (χ2v) is 4.86. The fraction of sp³-hybridized carbons (Fsp3) is 0.235. The minimum atomic E-state index is -0.230. The summed E-state index contributed by atoms with van der Waals surface area (Å²) in [6.07, 6.45) is 0.298. The maximum atomic E-state index is 11.8. The summed E-state index contributed by atoms with van der Waals surface area (Å²) in [6, 6.07) is 17.3. The molecule has 2 nitrogen and oxygen atoms in total. The Bertz CT molecular complexity index is 544. The summed E-state index contributed by atoms with van der Waals surface area (Å²) in [6.45, 7) is 4.23. The Labute approximate surface area is 114 Å². The minimum absolute atomic E-state index is 0.230. The number of carbonyl (C=O) groups is 1. The zero-order valence-electron chi connectivity index (χ0n) is 11.3. The van der Waals surface area contributed by atoms with Crippen LogP contribution in [0.5, 0.6) is 5.75 Å². The molecule has 0 N–H and O–H groups in total. The maximum absolute atomic E-state index is 11.8. The SMILES string of the molecule is CC(C)c1cccc(OC(=O)Cc2ccccc2)c1. The van der Waals surface area contributed by atoms with E-state index in [1.165, 1.54) is 5.56 Å². The molecule has 0 atom stereocenters. The molecule has 0 bridgehead atoms. The molecule has 0 aromatic heterocycles. The average Bonchev–Trinajstić information content (AvgIpc) is 2.40. The van der Waals surface area contributed by atoms with Crippen molar-refractivity contribution in [3.05, 3.63) is 65.7 Å². The first-order valence-electron chi connectivity index (χ1n) is 6.49. The van der Waals surface area contributed by atoms with Crippen molar-refractivity contribution >= 4 is 5.97 Å². The Morgan fingerprint density at radius 3 is 2.47 bits per heavy atom. The van der Waals surface area contributed by atoms with E-state index in [1.807, 2.05) is 54.6 Å². The Kier molecular flexibility index (Phi) is 4.35. The third kappa shape index (κ3) is 3.95. The van der Waals surface area contributed by atoms with Crippen LogP contribution >= 0.6 is 0 Å². The van der Waals surface area contributed by atoms with Crippen molar-refractivity contribution in [1.82, 2.24) is 0 Å². The first-order chi connectivity index (χ1) is 9.15. The van der Waals surface area contributed by atoms with E-state index in [-0.39, 0.29) is 5.97 Å². The monoisotopic (exact) mass is 254 g/mol. The first-order valence-corrected chi connectivity index (χ1v) is 6.49. The predicted octanol–water partition coefficient (Wildman–Crippen LogP) is 3.96. The third-order valence-corrected chi connectivity index (χ3v) is 2.95. The highest BCUT2D eigenvalue weighted by Gasteiger charge is 2.07. The van der Waals surface area contributed by atoms with E-state index in [2.05, 4.69) is 13.8 Å². The lowest BCUT2D eigenvalue weighted by Crippen LogP contribution is -2.11. The number of hydrogen-bond donors (Lipinski definition) is 0. The molecule has 0 amide bonds. The molecule has 0 saturated heterocycles. The smallest absolute Gasteiger partial charge is 0.315 e. The van der Waals surface area contributed by atoms with Gasteiger partial charge in [0.05, 0.1) is 6.42 Å². The van der Waals surface area contributed by atoms with E-state index in [4.69, 9.17) is 4.74 Å². The molecule has 19 heavy (non-hydrogen) atoms. The van der Waals surface area contributed by atoms with Crippen molar-refractivity contribution in [2.24, 2.45) is 0 Å². The summed E-state index contributed by atoms with van der Waals surface area (Å²) in [5, 5.41) is 0. The summed E-state index contributed by atoms with van der Waals surface area (Å²) in [5.41, 5.74) is 2.14. The van der Waals surface area contributed by atoms with Gasteiger partial charge in [-0.1, -0.05) is 56.3 Å². The van der Waals surface area contributed by atoms with Gasteiger partial charge in [-0.25, -0.2) is 0 Å². The Morgan fingerprint density at radius 1 is 1.05 bits per heavy atom. The normalized spacial score (nSPS) is 10.5. The van der Waals surface area contributed by atoms with Crippen LogP contribution in [0.1, 0.15) is 30.9 Å². The van der Waals surface area contributed by atoms with Gasteiger partial charge in [-0.15, -0.1) is 0 Å². The topological polar surface area (TPSA) is 26.3 Å². The number of hydrogen-bond acceptors (Lipinski definition) is 2.